The van der Waals surface area contributed by atoms with Crippen LogP contribution in [0.4, 0.5) is 0 Å². The van der Waals surface area contributed by atoms with E-state index in [1.807, 2.05) is 6.07 Å². The van der Waals surface area contributed by atoms with Gasteiger partial charge in [0.15, 0.2) is 0 Å². The van der Waals surface area contributed by atoms with Crippen LogP contribution >= 0.6 is 24.8 Å². The van der Waals surface area contributed by atoms with Crippen molar-refractivity contribution in [1.29, 1.82) is 5.26 Å². The Labute approximate surface area is 71.7 Å². The summed E-state index contributed by atoms with van der Waals surface area (Å²) in [5.74, 6) is 0. The van der Waals surface area contributed by atoms with Crippen molar-refractivity contribution < 1.29 is 0 Å². The van der Waals surface area contributed by atoms with E-state index in [4.69, 9.17) is 5.26 Å². The van der Waals surface area contributed by atoms with Crippen LogP contribution in [0.1, 0.15) is 5.56 Å². The molecule has 1 heterocycles. The van der Waals surface area contributed by atoms with E-state index in [0.717, 1.165) is 0 Å². The topological polar surface area (TPSA) is 36.7 Å². The summed E-state index contributed by atoms with van der Waals surface area (Å²) in [4.78, 5) is 3.73. The monoisotopic (exact) mass is 176 g/mol. The summed E-state index contributed by atoms with van der Waals surface area (Å²) >= 11 is 0. The van der Waals surface area contributed by atoms with Crippen LogP contribution in [0.25, 0.3) is 0 Å². The first-order valence-electron chi connectivity index (χ1n) is 2.23. The summed E-state index contributed by atoms with van der Waals surface area (Å²) in [6.45, 7) is 0. The molecule has 54 valence electrons. The van der Waals surface area contributed by atoms with Gasteiger partial charge in [-0.15, -0.1) is 24.8 Å². The molecule has 0 bridgehead atoms. The molecule has 0 radical (unpaired) electrons. The molecule has 0 saturated carbocycles. The standard InChI is InChI=1S/C6H4N2.2ClH/c7-4-6-2-1-3-8-5-6;;/h1-3,5H;2*1H. The smallest absolute Gasteiger partial charge is 0.101 e. The molecule has 0 atom stereocenters. The van der Waals surface area contributed by atoms with Gasteiger partial charge in [0.25, 0.3) is 0 Å². The predicted octanol–water partition coefficient (Wildman–Crippen LogP) is 1.80. The predicted molar refractivity (Wildman–Crippen MR) is 43.4 cm³/mol. The van der Waals surface area contributed by atoms with Crippen molar-refractivity contribution in [3.05, 3.63) is 30.1 Å². The molecule has 0 aliphatic heterocycles. The second-order valence-electron chi connectivity index (χ2n) is 1.35. The summed E-state index contributed by atoms with van der Waals surface area (Å²) in [5, 5.41) is 8.25. The Morgan fingerprint density at radius 1 is 1.40 bits per heavy atom. The van der Waals surface area contributed by atoms with E-state index in [1.54, 1.807) is 18.3 Å². The van der Waals surface area contributed by atoms with E-state index in [0.29, 0.717) is 5.56 Å². The lowest BCUT2D eigenvalue weighted by Gasteiger charge is -1.79. The molecule has 0 amide bonds. The van der Waals surface area contributed by atoms with Gasteiger partial charge in [0.1, 0.15) is 6.07 Å². The number of hydrogen-bond acceptors (Lipinski definition) is 2. The minimum Gasteiger partial charge on any atom is -0.263 e. The van der Waals surface area contributed by atoms with E-state index in [2.05, 4.69) is 4.98 Å². The number of rotatable bonds is 0. The molecule has 1 rings (SSSR count). The van der Waals surface area contributed by atoms with Gasteiger partial charge < -0.3 is 0 Å². The molecule has 1 aromatic rings. The number of nitrogens with zero attached hydrogens (tertiary/aromatic N) is 2. The first-order valence-corrected chi connectivity index (χ1v) is 2.23. The first kappa shape index (κ1) is 12.0. The lowest BCUT2D eigenvalue weighted by molar-refractivity contribution is 1.30. The molecule has 0 N–H and O–H groups in total. The molecule has 4 heteroatoms. The lowest BCUT2D eigenvalue weighted by Crippen LogP contribution is -1.72. The SMILES string of the molecule is Cl.Cl.N#Cc1cccnc1. The van der Waals surface area contributed by atoms with Crippen LogP contribution in [0, 0.1) is 11.3 Å². The van der Waals surface area contributed by atoms with Gasteiger partial charge >= 0.3 is 0 Å². The number of pyridine rings is 1. The molecule has 0 fully saturated rings. The van der Waals surface area contributed by atoms with Gasteiger partial charge in [-0.05, 0) is 12.1 Å². The van der Waals surface area contributed by atoms with Gasteiger partial charge in [0.05, 0.1) is 5.56 Å². The third kappa shape index (κ3) is 3.29. The lowest BCUT2D eigenvalue weighted by atomic mass is 10.3. The third-order valence-electron chi connectivity index (χ3n) is 0.791. The highest BCUT2D eigenvalue weighted by molar-refractivity contribution is 5.85. The average Bonchev–Trinajstić information content (AvgIpc) is 1.90. The van der Waals surface area contributed by atoms with Crippen LogP contribution in [0.5, 0.6) is 0 Å². The fourth-order valence-corrected chi connectivity index (χ4v) is 0.429. The van der Waals surface area contributed by atoms with Crippen LogP contribution in [-0.4, -0.2) is 4.98 Å². The molecule has 0 spiro atoms. The Morgan fingerprint density at radius 3 is 2.40 bits per heavy atom. The van der Waals surface area contributed by atoms with Crippen molar-refractivity contribution in [2.24, 2.45) is 0 Å². The summed E-state index contributed by atoms with van der Waals surface area (Å²) < 4.78 is 0. The van der Waals surface area contributed by atoms with Gasteiger partial charge in [-0.1, -0.05) is 0 Å². The fraction of sp³-hybridized carbons (Fsp3) is 0. The van der Waals surface area contributed by atoms with Crippen molar-refractivity contribution in [3.63, 3.8) is 0 Å². The third-order valence-corrected chi connectivity index (χ3v) is 0.791. The Kier molecular flexibility index (Phi) is 7.58. The van der Waals surface area contributed by atoms with Crippen LogP contribution in [0.2, 0.25) is 0 Å². The molecule has 0 saturated heterocycles. The number of halogens is 2. The highest BCUT2D eigenvalue weighted by Crippen LogP contribution is 1.89. The molecule has 2 nitrogen and oxygen atoms in total. The zero-order chi connectivity index (χ0) is 5.82. The molecular formula is C6H6Cl2N2. The number of nitriles is 1. The fourth-order valence-electron chi connectivity index (χ4n) is 0.429. The van der Waals surface area contributed by atoms with Crippen molar-refractivity contribution in [2.45, 2.75) is 0 Å². The number of aromatic nitrogens is 1. The van der Waals surface area contributed by atoms with E-state index < -0.39 is 0 Å². The highest BCUT2D eigenvalue weighted by Gasteiger charge is 1.80. The Bertz CT molecular complexity index is 205. The Hall–Kier alpha value is -0.780. The minimum absolute atomic E-state index is 0. The van der Waals surface area contributed by atoms with E-state index >= 15 is 0 Å². The quantitative estimate of drug-likeness (QED) is 0.605. The van der Waals surface area contributed by atoms with E-state index in [-0.39, 0.29) is 24.8 Å². The zero-order valence-electron chi connectivity index (χ0n) is 5.02. The Morgan fingerprint density at radius 2 is 2.10 bits per heavy atom. The van der Waals surface area contributed by atoms with Gasteiger partial charge in [0.2, 0.25) is 0 Å². The molecule has 0 aliphatic rings. The second kappa shape index (κ2) is 6.34. The maximum atomic E-state index is 8.25. The van der Waals surface area contributed by atoms with Crippen LogP contribution in [0.15, 0.2) is 24.5 Å². The summed E-state index contributed by atoms with van der Waals surface area (Å²) in [6, 6.07) is 5.41. The zero-order valence-corrected chi connectivity index (χ0v) is 6.65. The second-order valence-corrected chi connectivity index (χ2v) is 1.35. The van der Waals surface area contributed by atoms with Crippen molar-refractivity contribution in [1.82, 2.24) is 4.98 Å². The summed E-state index contributed by atoms with van der Waals surface area (Å²) in [6.07, 6.45) is 3.17. The van der Waals surface area contributed by atoms with Gasteiger partial charge in [0, 0.05) is 12.4 Å². The Balaban J connectivity index is 0. The van der Waals surface area contributed by atoms with Crippen molar-refractivity contribution in [2.75, 3.05) is 0 Å². The molecule has 1 aromatic heterocycles. The minimum atomic E-state index is 0. The molecular weight excluding hydrogens is 171 g/mol. The van der Waals surface area contributed by atoms with Gasteiger partial charge in [-0.2, -0.15) is 5.26 Å². The number of hydrogen-bond donors (Lipinski definition) is 0. The molecule has 0 aromatic carbocycles. The molecule has 0 unspecified atom stereocenters. The van der Waals surface area contributed by atoms with E-state index in [9.17, 15) is 0 Å². The van der Waals surface area contributed by atoms with E-state index in [1.165, 1.54) is 6.20 Å². The average molecular weight is 177 g/mol. The van der Waals surface area contributed by atoms with Gasteiger partial charge in [-0.3, -0.25) is 4.98 Å². The molecule has 0 aliphatic carbocycles. The van der Waals surface area contributed by atoms with Crippen molar-refractivity contribution in [3.8, 4) is 6.07 Å². The first-order chi connectivity index (χ1) is 3.93. The largest absolute Gasteiger partial charge is 0.263 e. The summed E-state index contributed by atoms with van der Waals surface area (Å²) in [5.41, 5.74) is 0.604. The van der Waals surface area contributed by atoms with Crippen LogP contribution < -0.4 is 0 Å². The maximum Gasteiger partial charge on any atom is 0.101 e. The van der Waals surface area contributed by atoms with Crippen LogP contribution in [-0.2, 0) is 0 Å². The maximum absolute atomic E-state index is 8.25. The van der Waals surface area contributed by atoms with Crippen LogP contribution in [0.3, 0.4) is 0 Å². The summed E-state index contributed by atoms with van der Waals surface area (Å²) in [7, 11) is 0. The van der Waals surface area contributed by atoms with Crippen molar-refractivity contribution >= 4 is 24.8 Å². The normalized spacial score (nSPS) is 6.30. The van der Waals surface area contributed by atoms with Gasteiger partial charge in [-0.25, -0.2) is 0 Å². The molecule has 10 heavy (non-hydrogen) atoms. The highest BCUT2D eigenvalue weighted by atomic mass is 35.5.